The summed E-state index contributed by atoms with van der Waals surface area (Å²) < 4.78 is 23.8. The Morgan fingerprint density at radius 3 is 2.46 bits per heavy atom. The first-order chi connectivity index (χ1) is 12.5. The van der Waals surface area contributed by atoms with Crippen LogP contribution in [0.4, 0.5) is 15.8 Å². The molecule has 0 aliphatic heterocycles. The number of ether oxygens (including phenoxy) is 2. The number of nitro benzene ring substituents is 1. The van der Waals surface area contributed by atoms with E-state index in [0.29, 0.717) is 24.7 Å². The van der Waals surface area contributed by atoms with Crippen LogP contribution in [0.15, 0.2) is 36.4 Å². The van der Waals surface area contributed by atoms with Gasteiger partial charge in [-0.15, -0.1) is 0 Å². The highest BCUT2D eigenvalue weighted by molar-refractivity contribution is 7.97. The zero-order chi connectivity index (χ0) is 19.5. The summed E-state index contributed by atoms with van der Waals surface area (Å²) in [5.41, 5.74) is 0.807. The second-order valence-corrected chi connectivity index (χ2v) is 5.92. The first-order valence-corrected chi connectivity index (χ1v) is 9.47. The van der Waals surface area contributed by atoms with Gasteiger partial charge in [0.1, 0.15) is 11.5 Å². The molecule has 0 aliphatic carbocycles. The molecule has 2 aromatic rings. The summed E-state index contributed by atoms with van der Waals surface area (Å²) in [6, 6.07) is 8.80. The van der Waals surface area contributed by atoms with E-state index in [-0.39, 0.29) is 11.4 Å². The number of rotatable bonds is 7. The molecule has 0 saturated heterocycles. The normalized spacial score (nSPS) is 9.73. The van der Waals surface area contributed by atoms with Crippen LogP contribution in [0, 0.1) is 15.9 Å². The minimum atomic E-state index is -0.648. The third-order valence-corrected chi connectivity index (χ3v) is 3.17. The van der Waals surface area contributed by atoms with Crippen molar-refractivity contribution in [2.45, 2.75) is 13.5 Å². The first-order valence-electron chi connectivity index (χ1n) is 7.84. The fourth-order valence-corrected chi connectivity index (χ4v) is 2.10. The molecule has 0 bridgehead atoms. The van der Waals surface area contributed by atoms with Crippen molar-refractivity contribution < 1.29 is 18.8 Å². The highest BCUT2D eigenvalue weighted by atomic mass is 32.2. The minimum absolute atomic E-state index is 0.255. The molecule has 1 N–H and O–H groups in total. The summed E-state index contributed by atoms with van der Waals surface area (Å²) in [5.74, 6) is 0.566. The zero-order valence-corrected chi connectivity index (χ0v) is 16.1. The monoisotopic (exact) mass is 382 g/mol. The molecule has 2 rings (SSSR count). The lowest BCUT2D eigenvalue weighted by atomic mass is 10.2. The lowest BCUT2D eigenvalue weighted by Crippen LogP contribution is -2.04. The number of thioether (sulfide) groups is 1. The van der Waals surface area contributed by atoms with Crippen LogP contribution in [0.5, 0.6) is 11.5 Å². The smallest absolute Gasteiger partial charge is 0.295 e. The van der Waals surface area contributed by atoms with Gasteiger partial charge in [-0.25, -0.2) is 4.39 Å². The molecule has 0 aliphatic rings. The van der Waals surface area contributed by atoms with E-state index in [1.54, 1.807) is 31.0 Å². The van der Waals surface area contributed by atoms with Crippen molar-refractivity contribution in [3.05, 3.63) is 57.9 Å². The van der Waals surface area contributed by atoms with Gasteiger partial charge in [-0.05, 0) is 49.3 Å². The quantitative estimate of drug-likeness (QED) is 0.551. The van der Waals surface area contributed by atoms with E-state index >= 15 is 0 Å². The van der Waals surface area contributed by atoms with Gasteiger partial charge in [0.25, 0.3) is 5.69 Å². The lowest BCUT2D eigenvalue weighted by molar-refractivity contribution is -0.384. The van der Waals surface area contributed by atoms with E-state index in [0.717, 1.165) is 11.6 Å². The molecule has 0 amide bonds. The lowest BCUT2D eigenvalue weighted by Gasteiger charge is -2.12. The Morgan fingerprint density at radius 2 is 1.88 bits per heavy atom. The van der Waals surface area contributed by atoms with E-state index < -0.39 is 10.7 Å². The second-order valence-electron chi connectivity index (χ2n) is 5.10. The number of nitrogens with one attached hydrogen (secondary N) is 1. The Balaban J connectivity index is 0.00000105. The van der Waals surface area contributed by atoms with Crippen molar-refractivity contribution >= 4 is 23.1 Å². The third-order valence-electron chi connectivity index (χ3n) is 3.17. The molecule has 0 heterocycles. The van der Waals surface area contributed by atoms with E-state index in [4.69, 9.17) is 9.47 Å². The summed E-state index contributed by atoms with van der Waals surface area (Å²) in [7, 11) is 1.55. The molecule has 0 atom stereocenters. The fourth-order valence-electron chi connectivity index (χ4n) is 2.10. The zero-order valence-electron chi connectivity index (χ0n) is 15.2. The molecule has 8 heteroatoms. The average Bonchev–Trinajstić information content (AvgIpc) is 2.61. The van der Waals surface area contributed by atoms with Crippen molar-refractivity contribution in [1.29, 1.82) is 0 Å². The summed E-state index contributed by atoms with van der Waals surface area (Å²) in [6.07, 6.45) is 4.08. The van der Waals surface area contributed by atoms with Crippen LogP contribution in [0.1, 0.15) is 12.5 Å². The molecule has 2 aromatic carbocycles. The highest BCUT2D eigenvalue weighted by Crippen LogP contribution is 2.29. The van der Waals surface area contributed by atoms with E-state index in [2.05, 4.69) is 5.32 Å². The first kappa shape index (κ1) is 21.6. The fraction of sp³-hybridized carbons (Fsp3) is 0.333. The van der Waals surface area contributed by atoms with Crippen molar-refractivity contribution in [2.75, 3.05) is 31.5 Å². The molecule has 0 aromatic heterocycles. The van der Waals surface area contributed by atoms with Crippen LogP contribution in [0.25, 0.3) is 0 Å². The molecule has 0 fully saturated rings. The Kier molecular flexibility index (Phi) is 9.29. The van der Waals surface area contributed by atoms with Crippen molar-refractivity contribution in [3.8, 4) is 11.5 Å². The molecule has 0 spiro atoms. The minimum Gasteiger partial charge on any atom is -0.493 e. The molecule has 142 valence electrons. The molecule has 6 nitrogen and oxygen atoms in total. The maximum absolute atomic E-state index is 13.1. The number of benzene rings is 2. The Bertz CT molecular complexity index is 728. The Hall–Kier alpha value is -2.48. The van der Waals surface area contributed by atoms with Gasteiger partial charge in [0, 0.05) is 6.54 Å². The van der Waals surface area contributed by atoms with Crippen LogP contribution in [-0.2, 0) is 6.54 Å². The van der Waals surface area contributed by atoms with E-state index in [1.165, 1.54) is 12.1 Å². The number of hydrogen-bond donors (Lipinski definition) is 1. The topological polar surface area (TPSA) is 73.6 Å². The molecule has 26 heavy (non-hydrogen) atoms. The maximum Gasteiger partial charge on any atom is 0.295 e. The van der Waals surface area contributed by atoms with Crippen LogP contribution in [-0.4, -0.2) is 31.2 Å². The number of hydrogen-bond acceptors (Lipinski definition) is 6. The van der Waals surface area contributed by atoms with Crippen molar-refractivity contribution in [1.82, 2.24) is 0 Å². The second kappa shape index (κ2) is 11.2. The van der Waals surface area contributed by atoms with Gasteiger partial charge in [0.05, 0.1) is 24.7 Å². The Morgan fingerprint density at radius 1 is 1.19 bits per heavy atom. The predicted molar refractivity (Wildman–Crippen MR) is 104 cm³/mol. The predicted octanol–water partition coefficient (Wildman–Crippen LogP) is 4.73. The van der Waals surface area contributed by atoms with E-state index in [1.807, 2.05) is 25.5 Å². The van der Waals surface area contributed by atoms with Crippen molar-refractivity contribution in [2.24, 2.45) is 0 Å². The van der Waals surface area contributed by atoms with Gasteiger partial charge in [0.2, 0.25) is 0 Å². The average molecular weight is 382 g/mol. The van der Waals surface area contributed by atoms with E-state index in [9.17, 15) is 14.5 Å². The van der Waals surface area contributed by atoms with Crippen LogP contribution in [0.3, 0.4) is 0 Å². The van der Waals surface area contributed by atoms with Gasteiger partial charge in [-0.2, -0.15) is 11.8 Å². The highest BCUT2D eigenvalue weighted by Gasteiger charge is 2.15. The van der Waals surface area contributed by atoms with Crippen LogP contribution < -0.4 is 14.8 Å². The number of nitrogens with zero attached hydrogens (tertiary/aromatic N) is 1. The van der Waals surface area contributed by atoms with Gasteiger partial charge >= 0.3 is 0 Å². The number of methoxy groups -OCH3 is 1. The number of anilines is 1. The summed E-state index contributed by atoms with van der Waals surface area (Å²) >= 11 is 1.75. The van der Waals surface area contributed by atoms with Crippen molar-refractivity contribution in [3.63, 3.8) is 0 Å². The SMILES string of the molecule is CCOc1cc(CNc2ccc(F)cc2[N+](=O)[O-])ccc1OC.CSC. The number of halogens is 1. The van der Waals surface area contributed by atoms with Gasteiger partial charge in [0.15, 0.2) is 11.5 Å². The maximum atomic E-state index is 13.1. The standard InChI is InChI=1S/C16H17FN2O4.C2H6S/c1-3-23-16-8-11(4-7-15(16)22-2)10-18-13-6-5-12(17)9-14(13)19(20)21;1-3-2/h4-9,18H,3,10H2,1-2H3;1-2H3. The summed E-state index contributed by atoms with van der Waals surface area (Å²) in [5, 5.41) is 13.9. The molecule has 0 radical (unpaired) electrons. The van der Waals surface area contributed by atoms with Crippen LogP contribution >= 0.6 is 11.8 Å². The third kappa shape index (κ3) is 6.44. The molecule has 0 saturated carbocycles. The molecular weight excluding hydrogens is 359 g/mol. The Labute approximate surface area is 156 Å². The van der Waals surface area contributed by atoms with Gasteiger partial charge in [-0.1, -0.05) is 6.07 Å². The molecule has 0 unspecified atom stereocenters. The van der Waals surface area contributed by atoms with Gasteiger partial charge in [-0.3, -0.25) is 10.1 Å². The summed E-state index contributed by atoms with van der Waals surface area (Å²) in [4.78, 5) is 10.4. The van der Waals surface area contributed by atoms with Gasteiger partial charge < -0.3 is 14.8 Å². The largest absolute Gasteiger partial charge is 0.493 e. The summed E-state index contributed by atoms with van der Waals surface area (Å²) in [6.45, 7) is 2.69. The van der Waals surface area contributed by atoms with Crippen LogP contribution in [0.2, 0.25) is 0 Å². The number of nitro groups is 1. The molecular formula is C18H23FN2O4S.